The van der Waals surface area contributed by atoms with Gasteiger partial charge in [-0.3, -0.25) is 4.90 Å². The lowest BCUT2D eigenvalue weighted by Gasteiger charge is -2.32. The Bertz CT molecular complexity index is 435. The molecule has 20 heavy (non-hydrogen) atoms. The molecule has 0 amide bonds. The molecule has 0 spiro atoms. The number of rotatable bonds is 7. The molecule has 110 valence electrons. The van der Waals surface area contributed by atoms with E-state index in [0.717, 1.165) is 13.1 Å². The maximum absolute atomic E-state index is 14.0. The maximum Gasteiger partial charge on any atom is 0.130 e. The van der Waals surface area contributed by atoms with Crippen molar-refractivity contribution in [3.8, 4) is 0 Å². The van der Waals surface area contributed by atoms with Gasteiger partial charge < -0.3 is 5.73 Å². The van der Waals surface area contributed by atoms with Gasteiger partial charge in [-0.05, 0) is 49.7 Å². The molecular weight excluding hydrogens is 258 g/mol. The van der Waals surface area contributed by atoms with Gasteiger partial charge in [-0.15, -0.1) is 0 Å². The highest BCUT2D eigenvalue weighted by atomic mass is 19.1. The molecule has 1 aromatic rings. The van der Waals surface area contributed by atoms with Crippen molar-refractivity contribution in [2.45, 2.75) is 31.7 Å². The van der Waals surface area contributed by atoms with Crippen molar-refractivity contribution >= 4 is 0 Å². The summed E-state index contributed by atoms with van der Waals surface area (Å²) in [6, 6.07) is 3.73. The molecule has 0 bridgehead atoms. The monoisotopic (exact) mass is 280 g/mol. The number of hydrogen-bond donors (Lipinski definition) is 1. The van der Waals surface area contributed by atoms with E-state index in [4.69, 9.17) is 5.73 Å². The Kier molecular flexibility index (Phi) is 4.03. The summed E-state index contributed by atoms with van der Waals surface area (Å²) in [4.78, 5) is 2.22. The summed E-state index contributed by atoms with van der Waals surface area (Å²) in [5, 5.41) is 0. The topological polar surface area (TPSA) is 29.3 Å². The van der Waals surface area contributed by atoms with Crippen molar-refractivity contribution < 1.29 is 8.78 Å². The summed E-state index contributed by atoms with van der Waals surface area (Å²) < 4.78 is 28.1. The molecule has 2 saturated carbocycles. The van der Waals surface area contributed by atoms with E-state index in [-0.39, 0.29) is 18.2 Å². The normalized spacial score (nSPS) is 20.4. The van der Waals surface area contributed by atoms with Crippen molar-refractivity contribution in [1.29, 1.82) is 0 Å². The molecule has 1 aromatic carbocycles. The van der Waals surface area contributed by atoms with Crippen LogP contribution in [0.4, 0.5) is 8.78 Å². The number of nitrogens with zero attached hydrogens (tertiary/aromatic N) is 1. The number of hydrogen-bond acceptors (Lipinski definition) is 2. The van der Waals surface area contributed by atoms with Gasteiger partial charge in [0.25, 0.3) is 0 Å². The molecule has 0 saturated heterocycles. The maximum atomic E-state index is 14.0. The summed E-state index contributed by atoms with van der Waals surface area (Å²) in [6.07, 6.45) is 4.94. The summed E-state index contributed by atoms with van der Waals surface area (Å²) in [5.74, 6) is 0.435. The molecule has 2 N–H and O–H groups in total. The van der Waals surface area contributed by atoms with Gasteiger partial charge in [0.05, 0.1) is 6.04 Å². The lowest BCUT2D eigenvalue weighted by Crippen LogP contribution is -2.37. The zero-order valence-corrected chi connectivity index (χ0v) is 11.7. The Balaban J connectivity index is 1.83. The fourth-order valence-corrected chi connectivity index (χ4v) is 2.87. The fraction of sp³-hybridized carbons (Fsp3) is 0.625. The van der Waals surface area contributed by atoms with E-state index < -0.39 is 11.6 Å². The largest absolute Gasteiger partial charge is 0.329 e. The van der Waals surface area contributed by atoms with Crippen LogP contribution in [0.5, 0.6) is 0 Å². The van der Waals surface area contributed by atoms with E-state index in [1.807, 2.05) is 0 Å². The average Bonchev–Trinajstić information content (AvgIpc) is 3.29. The highest BCUT2D eigenvalue weighted by molar-refractivity contribution is 5.24. The van der Waals surface area contributed by atoms with Crippen LogP contribution in [-0.4, -0.2) is 24.5 Å². The Hall–Kier alpha value is -1.00. The van der Waals surface area contributed by atoms with Crippen LogP contribution < -0.4 is 5.73 Å². The Morgan fingerprint density at radius 3 is 1.95 bits per heavy atom. The SMILES string of the molecule is NCC(c1c(F)cccc1F)N(CC1CC1)CC1CC1. The van der Waals surface area contributed by atoms with Crippen molar-refractivity contribution in [3.05, 3.63) is 35.4 Å². The van der Waals surface area contributed by atoms with Crippen LogP contribution in [0.25, 0.3) is 0 Å². The van der Waals surface area contributed by atoms with Crippen LogP contribution in [0.2, 0.25) is 0 Å². The number of nitrogens with two attached hydrogens (primary N) is 1. The summed E-state index contributed by atoms with van der Waals surface area (Å²) in [5.41, 5.74) is 6.01. The molecule has 1 atom stereocenters. The fourth-order valence-electron chi connectivity index (χ4n) is 2.87. The zero-order valence-electron chi connectivity index (χ0n) is 11.7. The molecular formula is C16H22F2N2. The van der Waals surface area contributed by atoms with E-state index >= 15 is 0 Å². The van der Waals surface area contributed by atoms with E-state index in [1.165, 1.54) is 43.9 Å². The highest BCUT2D eigenvalue weighted by Crippen LogP contribution is 2.37. The third-order valence-corrected chi connectivity index (χ3v) is 4.38. The minimum Gasteiger partial charge on any atom is -0.329 e. The van der Waals surface area contributed by atoms with Gasteiger partial charge in [0.2, 0.25) is 0 Å². The van der Waals surface area contributed by atoms with Crippen molar-refractivity contribution in [3.63, 3.8) is 0 Å². The van der Waals surface area contributed by atoms with E-state index in [9.17, 15) is 8.78 Å². The zero-order chi connectivity index (χ0) is 14.1. The molecule has 4 heteroatoms. The summed E-state index contributed by atoms with van der Waals surface area (Å²) >= 11 is 0. The van der Waals surface area contributed by atoms with E-state index in [2.05, 4.69) is 4.90 Å². The molecule has 0 aliphatic heterocycles. The second-order valence-electron chi connectivity index (χ2n) is 6.23. The van der Waals surface area contributed by atoms with Gasteiger partial charge in [0.1, 0.15) is 11.6 Å². The van der Waals surface area contributed by atoms with Crippen molar-refractivity contribution in [1.82, 2.24) is 4.90 Å². The van der Waals surface area contributed by atoms with Crippen LogP contribution in [0, 0.1) is 23.5 Å². The van der Waals surface area contributed by atoms with Gasteiger partial charge in [0, 0.05) is 25.2 Å². The molecule has 2 nitrogen and oxygen atoms in total. The molecule has 1 unspecified atom stereocenters. The Morgan fingerprint density at radius 1 is 1.05 bits per heavy atom. The van der Waals surface area contributed by atoms with E-state index in [1.54, 1.807) is 0 Å². The summed E-state index contributed by atoms with van der Waals surface area (Å²) in [6.45, 7) is 2.11. The molecule has 3 rings (SSSR count). The average molecular weight is 280 g/mol. The van der Waals surface area contributed by atoms with Gasteiger partial charge >= 0.3 is 0 Å². The molecule has 2 fully saturated rings. The lowest BCUT2D eigenvalue weighted by atomic mass is 10.0. The third-order valence-electron chi connectivity index (χ3n) is 4.38. The number of benzene rings is 1. The Labute approximate surface area is 118 Å². The summed E-state index contributed by atoms with van der Waals surface area (Å²) in [7, 11) is 0. The predicted molar refractivity (Wildman–Crippen MR) is 75.2 cm³/mol. The first-order chi connectivity index (χ1) is 9.69. The highest BCUT2D eigenvalue weighted by Gasteiger charge is 2.34. The van der Waals surface area contributed by atoms with E-state index in [0.29, 0.717) is 11.8 Å². The first-order valence-electron chi connectivity index (χ1n) is 7.57. The minimum absolute atomic E-state index is 0.149. The molecule has 0 aromatic heterocycles. The molecule has 2 aliphatic carbocycles. The van der Waals surface area contributed by atoms with Crippen LogP contribution in [0.15, 0.2) is 18.2 Å². The Morgan fingerprint density at radius 2 is 1.55 bits per heavy atom. The predicted octanol–water partition coefficient (Wildman–Crippen LogP) is 3.09. The second-order valence-corrected chi connectivity index (χ2v) is 6.23. The smallest absolute Gasteiger partial charge is 0.130 e. The van der Waals surface area contributed by atoms with Crippen molar-refractivity contribution in [2.75, 3.05) is 19.6 Å². The standard InChI is InChI=1S/C16H22F2N2/c17-13-2-1-3-14(18)16(13)15(8-19)20(9-11-4-5-11)10-12-6-7-12/h1-3,11-12,15H,4-10,19H2. The van der Waals surface area contributed by atoms with Crippen LogP contribution >= 0.6 is 0 Å². The van der Waals surface area contributed by atoms with Gasteiger partial charge in [-0.2, -0.15) is 0 Å². The van der Waals surface area contributed by atoms with Gasteiger partial charge in [-0.1, -0.05) is 6.07 Å². The lowest BCUT2D eigenvalue weighted by molar-refractivity contribution is 0.177. The van der Waals surface area contributed by atoms with Crippen LogP contribution in [0.3, 0.4) is 0 Å². The first-order valence-corrected chi connectivity index (χ1v) is 7.57. The number of halogens is 2. The quantitative estimate of drug-likeness (QED) is 0.831. The molecule has 2 aliphatic rings. The van der Waals surface area contributed by atoms with Crippen LogP contribution in [0.1, 0.15) is 37.3 Å². The minimum atomic E-state index is -0.475. The first kappa shape index (κ1) is 14.0. The molecule has 0 heterocycles. The van der Waals surface area contributed by atoms with Crippen molar-refractivity contribution in [2.24, 2.45) is 17.6 Å². The molecule has 0 radical (unpaired) electrons. The second kappa shape index (κ2) is 5.78. The van der Waals surface area contributed by atoms with Gasteiger partial charge in [-0.25, -0.2) is 8.78 Å². The van der Waals surface area contributed by atoms with Gasteiger partial charge in [0.15, 0.2) is 0 Å². The third kappa shape index (κ3) is 3.18. The van der Waals surface area contributed by atoms with Crippen LogP contribution in [-0.2, 0) is 0 Å².